The van der Waals surface area contributed by atoms with Gasteiger partial charge in [-0.05, 0) is 25.0 Å². The van der Waals surface area contributed by atoms with Gasteiger partial charge in [0, 0.05) is 18.5 Å². The van der Waals surface area contributed by atoms with E-state index in [9.17, 15) is 9.90 Å². The fraction of sp³-hybridized carbons (Fsp3) is 0.500. The summed E-state index contributed by atoms with van der Waals surface area (Å²) >= 11 is 1.34. The van der Waals surface area contributed by atoms with Crippen LogP contribution >= 0.6 is 11.3 Å². The van der Waals surface area contributed by atoms with Crippen molar-refractivity contribution < 1.29 is 19.1 Å². The predicted octanol–water partition coefficient (Wildman–Crippen LogP) is 2.47. The molecule has 2 aromatic rings. The molecule has 6 nitrogen and oxygen atoms in total. The molecule has 0 aliphatic heterocycles. The van der Waals surface area contributed by atoms with Crippen LogP contribution in [0.25, 0.3) is 10.8 Å². The molecule has 1 atom stereocenters. The second-order valence-corrected chi connectivity index (χ2v) is 6.60. The number of aryl methyl sites for hydroxylation is 1. The largest absolute Gasteiger partial charge is 0.459 e. The molecular formula is C16H22N2O4S. The van der Waals surface area contributed by atoms with E-state index in [0.717, 1.165) is 5.76 Å². The molecule has 2 aromatic heterocycles. The predicted molar refractivity (Wildman–Crippen MR) is 88.6 cm³/mol. The number of ether oxygens (including phenoxy) is 1. The van der Waals surface area contributed by atoms with E-state index in [1.165, 1.54) is 11.3 Å². The van der Waals surface area contributed by atoms with E-state index in [2.05, 4.69) is 10.3 Å². The Labute approximate surface area is 139 Å². The van der Waals surface area contributed by atoms with Crippen molar-refractivity contribution in [3.05, 3.63) is 29.0 Å². The van der Waals surface area contributed by atoms with Gasteiger partial charge >= 0.3 is 0 Å². The van der Waals surface area contributed by atoms with Crippen LogP contribution in [0.3, 0.4) is 0 Å². The Kier molecular flexibility index (Phi) is 6.32. The topological polar surface area (TPSA) is 84.6 Å². The van der Waals surface area contributed by atoms with Crippen LogP contribution in [0, 0.1) is 12.8 Å². The number of aliphatic hydroxyl groups excluding tert-OH is 1. The molecule has 2 rings (SSSR count). The minimum absolute atomic E-state index is 0.129. The molecule has 1 unspecified atom stereocenters. The molecule has 0 radical (unpaired) electrons. The minimum Gasteiger partial charge on any atom is -0.459 e. The molecule has 0 saturated carbocycles. The van der Waals surface area contributed by atoms with Crippen molar-refractivity contribution >= 4 is 17.2 Å². The van der Waals surface area contributed by atoms with Crippen molar-refractivity contribution in [3.63, 3.8) is 0 Å². The summed E-state index contributed by atoms with van der Waals surface area (Å²) in [7, 11) is 0. The number of aliphatic hydroxyl groups is 1. The van der Waals surface area contributed by atoms with Crippen LogP contribution in [0.2, 0.25) is 0 Å². The van der Waals surface area contributed by atoms with E-state index in [4.69, 9.17) is 9.15 Å². The van der Waals surface area contributed by atoms with Gasteiger partial charge in [0.2, 0.25) is 0 Å². The lowest BCUT2D eigenvalue weighted by Crippen LogP contribution is -2.35. The summed E-state index contributed by atoms with van der Waals surface area (Å²) < 4.78 is 10.8. The maximum absolute atomic E-state index is 12.0. The fourth-order valence-corrected chi connectivity index (χ4v) is 2.60. The van der Waals surface area contributed by atoms with E-state index in [0.29, 0.717) is 29.0 Å². The highest BCUT2D eigenvalue weighted by Crippen LogP contribution is 2.25. The lowest BCUT2D eigenvalue weighted by Gasteiger charge is -2.13. The van der Waals surface area contributed by atoms with Gasteiger partial charge < -0.3 is 19.6 Å². The Morgan fingerprint density at radius 1 is 1.43 bits per heavy atom. The number of nitrogens with one attached hydrogen (secondary N) is 1. The molecule has 0 aromatic carbocycles. The van der Waals surface area contributed by atoms with E-state index in [1.54, 1.807) is 5.38 Å². The number of furan rings is 1. The molecule has 0 fully saturated rings. The van der Waals surface area contributed by atoms with Gasteiger partial charge in [-0.3, -0.25) is 4.79 Å². The van der Waals surface area contributed by atoms with Crippen molar-refractivity contribution in [2.45, 2.75) is 26.9 Å². The third-order valence-electron chi connectivity index (χ3n) is 2.95. The molecule has 7 heteroatoms. The molecule has 0 saturated heterocycles. The van der Waals surface area contributed by atoms with Crippen molar-refractivity contribution in [2.24, 2.45) is 5.92 Å². The summed E-state index contributed by atoms with van der Waals surface area (Å²) in [6.45, 7) is 6.84. The molecule has 1 amide bonds. The van der Waals surface area contributed by atoms with Gasteiger partial charge in [0.1, 0.15) is 11.5 Å². The van der Waals surface area contributed by atoms with E-state index < -0.39 is 6.10 Å². The smallest absolute Gasteiger partial charge is 0.270 e. The Morgan fingerprint density at radius 3 is 2.87 bits per heavy atom. The zero-order valence-electron chi connectivity index (χ0n) is 13.5. The third kappa shape index (κ3) is 5.46. The summed E-state index contributed by atoms with van der Waals surface area (Å²) in [5.74, 6) is 1.54. The zero-order valence-corrected chi connectivity index (χ0v) is 14.4. The number of hydrogen-bond acceptors (Lipinski definition) is 6. The highest BCUT2D eigenvalue weighted by molar-refractivity contribution is 7.13. The molecule has 0 bridgehead atoms. The number of aromatic nitrogens is 1. The van der Waals surface area contributed by atoms with E-state index >= 15 is 0 Å². The summed E-state index contributed by atoms with van der Waals surface area (Å²) in [5, 5.41) is 14.8. The van der Waals surface area contributed by atoms with Crippen molar-refractivity contribution in [1.82, 2.24) is 10.3 Å². The monoisotopic (exact) mass is 338 g/mol. The third-order valence-corrected chi connectivity index (χ3v) is 3.80. The lowest BCUT2D eigenvalue weighted by molar-refractivity contribution is 0.0259. The van der Waals surface area contributed by atoms with Crippen LogP contribution in [-0.2, 0) is 4.74 Å². The summed E-state index contributed by atoms with van der Waals surface area (Å²) in [6, 6.07) is 3.68. The summed E-state index contributed by atoms with van der Waals surface area (Å²) in [4.78, 5) is 16.3. The summed E-state index contributed by atoms with van der Waals surface area (Å²) in [6.07, 6.45) is -0.733. The molecule has 0 spiro atoms. The van der Waals surface area contributed by atoms with E-state index in [-0.39, 0.29) is 19.1 Å². The lowest BCUT2D eigenvalue weighted by atomic mass is 10.2. The second-order valence-electron chi connectivity index (χ2n) is 5.74. The number of amides is 1. The first-order chi connectivity index (χ1) is 11.0. The maximum atomic E-state index is 12.0. The highest BCUT2D eigenvalue weighted by Gasteiger charge is 2.15. The first-order valence-electron chi connectivity index (χ1n) is 7.52. The average molecular weight is 338 g/mol. The quantitative estimate of drug-likeness (QED) is 0.772. The van der Waals surface area contributed by atoms with Crippen molar-refractivity contribution in [2.75, 3.05) is 19.8 Å². The van der Waals surface area contributed by atoms with Gasteiger partial charge in [0.25, 0.3) is 5.91 Å². The Balaban J connectivity index is 1.81. The maximum Gasteiger partial charge on any atom is 0.270 e. The van der Waals surface area contributed by atoms with Gasteiger partial charge in [0.15, 0.2) is 10.8 Å². The summed E-state index contributed by atoms with van der Waals surface area (Å²) in [5.41, 5.74) is 0.314. The van der Waals surface area contributed by atoms with Crippen LogP contribution in [0.1, 0.15) is 30.1 Å². The van der Waals surface area contributed by atoms with Gasteiger partial charge in [-0.15, -0.1) is 11.3 Å². The first kappa shape index (κ1) is 17.7. The molecule has 0 aliphatic rings. The molecule has 126 valence electrons. The number of nitrogens with zero attached hydrogens (tertiary/aromatic N) is 1. The second kappa shape index (κ2) is 8.24. The SMILES string of the molecule is Cc1ccc(-c2nc(C(=O)NCC(O)COCC(C)C)cs2)o1. The minimum atomic E-state index is -0.733. The number of thiazole rings is 1. The van der Waals surface area contributed by atoms with Crippen LogP contribution < -0.4 is 5.32 Å². The van der Waals surface area contributed by atoms with Crippen LogP contribution in [-0.4, -0.2) is 41.9 Å². The van der Waals surface area contributed by atoms with Crippen LogP contribution in [0.5, 0.6) is 0 Å². The Morgan fingerprint density at radius 2 is 2.22 bits per heavy atom. The van der Waals surface area contributed by atoms with Crippen molar-refractivity contribution in [1.29, 1.82) is 0 Å². The number of rotatable bonds is 8. The van der Waals surface area contributed by atoms with Crippen molar-refractivity contribution in [3.8, 4) is 10.8 Å². The Bertz CT molecular complexity index is 636. The van der Waals surface area contributed by atoms with Crippen LogP contribution in [0.4, 0.5) is 0 Å². The van der Waals surface area contributed by atoms with E-state index in [1.807, 2.05) is 32.9 Å². The average Bonchev–Trinajstić information content (AvgIpc) is 3.13. The normalized spacial score (nSPS) is 12.6. The fourth-order valence-electron chi connectivity index (χ4n) is 1.84. The van der Waals surface area contributed by atoms with Gasteiger partial charge in [-0.2, -0.15) is 0 Å². The van der Waals surface area contributed by atoms with Gasteiger partial charge in [-0.25, -0.2) is 4.98 Å². The molecular weight excluding hydrogens is 316 g/mol. The molecule has 23 heavy (non-hydrogen) atoms. The number of carbonyl (C=O) groups is 1. The molecule has 2 N–H and O–H groups in total. The first-order valence-corrected chi connectivity index (χ1v) is 8.40. The van der Waals surface area contributed by atoms with Crippen LogP contribution in [0.15, 0.2) is 21.9 Å². The zero-order chi connectivity index (χ0) is 16.8. The standard InChI is InChI=1S/C16H22N2O4S/c1-10(2)7-21-8-12(19)6-17-15(20)13-9-23-16(18-13)14-5-4-11(3)22-14/h4-5,9-10,12,19H,6-8H2,1-3H3,(H,17,20). The van der Waals surface area contributed by atoms with Gasteiger partial charge in [-0.1, -0.05) is 13.8 Å². The van der Waals surface area contributed by atoms with Gasteiger partial charge in [0.05, 0.1) is 12.7 Å². The molecule has 2 heterocycles. The highest BCUT2D eigenvalue weighted by atomic mass is 32.1. The Hall–Kier alpha value is -1.70. The molecule has 0 aliphatic carbocycles. The number of hydrogen-bond donors (Lipinski definition) is 2. The number of carbonyl (C=O) groups excluding carboxylic acids is 1.